The quantitative estimate of drug-likeness (QED) is 0.766. The fourth-order valence-electron chi connectivity index (χ4n) is 5.64. The van der Waals surface area contributed by atoms with E-state index in [9.17, 15) is 9.59 Å². The van der Waals surface area contributed by atoms with Crippen molar-refractivity contribution >= 4 is 11.8 Å². The van der Waals surface area contributed by atoms with Crippen molar-refractivity contribution in [2.24, 2.45) is 11.3 Å². The highest BCUT2D eigenvalue weighted by molar-refractivity contribution is 5.95. The highest BCUT2D eigenvalue weighted by atomic mass is 16.5. The molecule has 1 saturated carbocycles. The van der Waals surface area contributed by atoms with Crippen molar-refractivity contribution in [2.75, 3.05) is 45.9 Å². The van der Waals surface area contributed by atoms with Gasteiger partial charge in [0.05, 0.1) is 29.9 Å². The van der Waals surface area contributed by atoms with Gasteiger partial charge in [-0.15, -0.1) is 0 Å². The SMILES string of the molecule is CCCNC(=O)[C@@]12CC[C@H](N3CCOCC3)C[C@H]1CCN(C(=O)c1cncnc1C)C2. The van der Waals surface area contributed by atoms with Crippen molar-refractivity contribution in [3.8, 4) is 0 Å². The lowest BCUT2D eigenvalue weighted by Gasteiger charge is -2.53. The number of carbonyl (C=O) groups is 2. The molecule has 8 nitrogen and oxygen atoms in total. The number of piperidine rings is 1. The van der Waals surface area contributed by atoms with Gasteiger partial charge in [-0.2, -0.15) is 0 Å². The third-order valence-electron chi connectivity index (χ3n) is 7.46. The number of hydrogen-bond donors (Lipinski definition) is 1. The zero-order valence-electron chi connectivity index (χ0n) is 18.8. The molecule has 3 heterocycles. The number of fused-ring (bicyclic) bond motifs is 1. The van der Waals surface area contributed by atoms with E-state index in [2.05, 4.69) is 27.1 Å². The second kappa shape index (κ2) is 9.61. The molecule has 2 aliphatic heterocycles. The van der Waals surface area contributed by atoms with E-state index in [1.165, 1.54) is 6.33 Å². The first kappa shape index (κ1) is 22.1. The Hall–Kier alpha value is -2.06. The Kier molecular flexibility index (Phi) is 6.86. The second-order valence-electron chi connectivity index (χ2n) is 9.22. The van der Waals surface area contributed by atoms with Crippen molar-refractivity contribution in [2.45, 2.75) is 52.0 Å². The summed E-state index contributed by atoms with van der Waals surface area (Å²) >= 11 is 0. The summed E-state index contributed by atoms with van der Waals surface area (Å²) in [7, 11) is 0. The van der Waals surface area contributed by atoms with Gasteiger partial charge in [-0.25, -0.2) is 9.97 Å². The number of ether oxygens (including phenoxy) is 1. The van der Waals surface area contributed by atoms with Crippen molar-refractivity contribution in [1.29, 1.82) is 0 Å². The molecule has 3 fully saturated rings. The van der Waals surface area contributed by atoms with E-state index in [0.717, 1.165) is 58.4 Å². The fourth-order valence-corrected chi connectivity index (χ4v) is 5.64. The highest BCUT2D eigenvalue weighted by Gasteiger charge is 2.53. The topological polar surface area (TPSA) is 87.7 Å². The lowest BCUT2D eigenvalue weighted by Crippen LogP contribution is -2.61. The predicted octanol–water partition coefficient (Wildman–Crippen LogP) is 1.64. The zero-order valence-corrected chi connectivity index (χ0v) is 18.8. The molecule has 1 aromatic rings. The Balaban J connectivity index is 1.54. The van der Waals surface area contributed by atoms with E-state index < -0.39 is 5.41 Å². The number of likely N-dealkylation sites (tertiary alicyclic amines) is 1. The minimum absolute atomic E-state index is 0.0606. The Labute approximate surface area is 184 Å². The van der Waals surface area contributed by atoms with Crippen LogP contribution < -0.4 is 5.32 Å². The Morgan fingerprint density at radius 3 is 2.81 bits per heavy atom. The van der Waals surface area contributed by atoms with Gasteiger partial charge in [-0.1, -0.05) is 6.92 Å². The molecule has 4 rings (SSSR count). The van der Waals surface area contributed by atoms with Gasteiger partial charge < -0.3 is 15.0 Å². The average Bonchev–Trinajstić information content (AvgIpc) is 2.82. The van der Waals surface area contributed by atoms with Crippen LogP contribution in [0.3, 0.4) is 0 Å². The molecule has 3 aliphatic rings. The largest absolute Gasteiger partial charge is 0.379 e. The molecule has 1 N–H and O–H groups in total. The molecule has 0 unspecified atom stereocenters. The smallest absolute Gasteiger partial charge is 0.257 e. The molecule has 0 spiro atoms. The lowest BCUT2D eigenvalue weighted by molar-refractivity contribution is -0.143. The number of amides is 2. The molecule has 3 atom stereocenters. The number of aromatic nitrogens is 2. The van der Waals surface area contributed by atoms with Crippen molar-refractivity contribution < 1.29 is 14.3 Å². The Morgan fingerprint density at radius 1 is 1.26 bits per heavy atom. The number of nitrogens with zero attached hydrogens (tertiary/aromatic N) is 4. The first-order valence-corrected chi connectivity index (χ1v) is 11.7. The summed E-state index contributed by atoms with van der Waals surface area (Å²) in [5.74, 6) is 0.357. The van der Waals surface area contributed by atoms with Gasteiger partial charge >= 0.3 is 0 Å². The van der Waals surface area contributed by atoms with Crippen LogP contribution in [0.4, 0.5) is 0 Å². The minimum atomic E-state index is -0.505. The van der Waals surface area contributed by atoms with Gasteiger partial charge in [-0.05, 0) is 44.9 Å². The van der Waals surface area contributed by atoms with Crippen LogP contribution in [0.1, 0.15) is 55.1 Å². The van der Waals surface area contributed by atoms with E-state index in [4.69, 9.17) is 4.74 Å². The van der Waals surface area contributed by atoms with Crippen LogP contribution in [-0.4, -0.2) is 83.6 Å². The molecule has 2 saturated heterocycles. The highest BCUT2D eigenvalue weighted by Crippen LogP contribution is 2.48. The van der Waals surface area contributed by atoms with Crippen LogP contribution in [0.2, 0.25) is 0 Å². The molecule has 1 aromatic heterocycles. The Bertz CT molecular complexity index is 797. The van der Waals surface area contributed by atoms with Crippen LogP contribution >= 0.6 is 0 Å². The summed E-state index contributed by atoms with van der Waals surface area (Å²) < 4.78 is 5.53. The van der Waals surface area contributed by atoms with Gasteiger partial charge in [0.2, 0.25) is 5.91 Å². The number of hydrogen-bond acceptors (Lipinski definition) is 6. The van der Waals surface area contributed by atoms with E-state index in [1.807, 2.05) is 11.8 Å². The summed E-state index contributed by atoms with van der Waals surface area (Å²) in [6, 6.07) is 0.507. The predicted molar refractivity (Wildman–Crippen MR) is 117 cm³/mol. The van der Waals surface area contributed by atoms with Crippen LogP contribution in [0.25, 0.3) is 0 Å². The zero-order chi connectivity index (χ0) is 21.8. The van der Waals surface area contributed by atoms with Crippen LogP contribution in [0, 0.1) is 18.3 Å². The second-order valence-corrected chi connectivity index (χ2v) is 9.22. The summed E-state index contributed by atoms with van der Waals surface area (Å²) in [5, 5.41) is 3.16. The summed E-state index contributed by atoms with van der Waals surface area (Å²) in [4.78, 5) is 39.4. The molecule has 8 heteroatoms. The molecule has 31 heavy (non-hydrogen) atoms. The summed E-state index contributed by atoms with van der Waals surface area (Å²) in [6.07, 6.45) is 7.66. The third-order valence-corrected chi connectivity index (χ3v) is 7.46. The maximum absolute atomic E-state index is 13.5. The first-order chi connectivity index (χ1) is 15.0. The molecule has 2 amide bonds. The van der Waals surface area contributed by atoms with Crippen molar-refractivity contribution in [3.05, 3.63) is 23.8 Å². The van der Waals surface area contributed by atoms with Gasteiger partial charge in [0.15, 0.2) is 0 Å². The molecule has 0 radical (unpaired) electrons. The normalized spacial score (nSPS) is 29.3. The molecular formula is C23H35N5O3. The maximum atomic E-state index is 13.5. The van der Waals surface area contributed by atoms with E-state index >= 15 is 0 Å². The van der Waals surface area contributed by atoms with Crippen LogP contribution in [-0.2, 0) is 9.53 Å². The van der Waals surface area contributed by atoms with Crippen molar-refractivity contribution in [3.63, 3.8) is 0 Å². The minimum Gasteiger partial charge on any atom is -0.379 e. The van der Waals surface area contributed by atoms with E-state index in [1.54, 1.807) is 6.20 Å². The van der Waals surface area contributed by atoms with E-state index in [0.29, 0.717) is 42.9 Å². The molecule has 0 bridgehead atoms. The van der Waals surface area contributed by atoms with Gasteiger partial charge in [0.1, 0.15) is 6.33 Å². The van der Waals surface area contributed by atoms with Crippen molar-refractivity contribution in [1.82, 2.24) is 25.1 Å². The van der Waals surface area contributed by atoms with Gasteiger partial charge in [0, 0.05) is 45.0 Å². The summed E-state index contributed by atoms with van der Waals surface area (Å²) in [6.45, 7) is 9.29. The molecular weight excluding hydrogens is 394 g/mol. The Morgan fingerprint density at radius 2 is 2.06 bits per heavy atom. The summed E-state index contributed by atoms with van der Waals surface area (Å²) in [5.41, 5.74) is 0.713. The average molecular weight is 430 g/mol. The maximum Gasteiger partial charge on any atom is 0.257 e. The molecule has 0 aromatic carbocycles. The lowest BCUT2D eigenvalue weighted by atomic mass is 9.60. The monoisotopic (exact) mass is 429 g/mol. The number of aryl methyl sites for hydroxylation is 1. The number of nitrogens with one attached hydrogen (secondary N) is 1. The standard InChI is InChI=1S/C23H35N5O3/c1-3-7-25-22(30)23-6-4-19(27-9-11-31-12-10-27)13-18(23)5-8-28(15-23)21(29)20-14-24-16-26-17(20)2/h14,16,18-19H,3-13,15H2,1-2H3,(H,25,30)/t18-,19+,23-/m1/s1. The molecule has 170 valence electrons. The number of rotatable bonds is 5. The molecule has 1 aliphatic carbocycles. The van der Waals surface area contributed by atoms with E-state index in [-0.39, 0.29) is 11.8 Å². The number of carbonyl (C=O) groups excluding carboxylic acids is 2. The number of morpholine rings is 1. The van der Waals surface area contributed by atoms with Gasteiger partial charge in [0.25, 0.3) is 5.91 Å². The van der Waals surface area contributed by atoms with Crippen LogP contribution in [0.15, 0.2) is 12.5 Å². The fraction of sp³-hybridized carbons (Fsp3) is 0.739. The van der Waals surface area contributed by atoms with Gasteiger partial charge in [-0.3, -0.25) is 14.5 Å². The first-order valence-electron chi connectivity index (χ1n) is 11.7. The van der Waals surface area contributed by atoms with Crippen LogP contribution in [0.5, 0.6) is 0 Å². The third kappa shape index (κ3) is 4.46.